The highest BCUT2D eigenvalue weighted by atomic mass is 35.5. The quantitative estimate of drug-likeness (QED) is 0.809. The molecular formula is C14H12ClF3N4O2. The topological polar surface area (TPSA) is 90.1 Å². The molecule has 24 heavy (non-hydrogen) atoms. The van der Waals surface area contributed by atoms with Gasteiger partial charge in [-0.2, -0.15) is 18.2 Å². The van der Waals surface area contributed by atoms with Gasteiger partial charge < -0.3 is 15.8 Å². The maximum Gasteiger partial charge on any atom is 0.417 e. The zero-order valence-electron chi connectivity index (χ0n) is 12.3. The number of halogens is 4. The molecule has 0 saturated carbocycles. The van der Waals surface area contributed by atoms with Crippen molar-refractivity contribution in [3.05, 3.63) is 40.5 Å². The number of nitrogens with zero attached hydrogens (tertiary/aromatic N) is 2. The van der Waals surface area contributed by atoms with Gasteiger partial charge in [-0.1, -0.05) is 11.6 Å². The van der Waals surface area contributed by atoms with E-state index in [0.717, 1.165) is 18.3 Å². The van der Waals surface area contributed by atoms with Gasteiger partial charge in [-0.3, -0.25) is 0 Å². The second-order valence-corrected chi connectivity index (χ2v) is 4.94. The van der Waals surface area contributed by atoms with E-state index < -0.39 is 22.7 Å². The normalized spacial score (nSPS) is 11.2. The molecule has 3 N–H and O–H groups in total. The highest BCUT2D eigenvalue weighted by Crippen LogP contribution is 2.36. The molecule has 0 aliphatic heterocycles. The van der Waals surface area contributed by atoms with Gasteiger partial charge in [0.15, 0.2) is 0 Å². The summed E-state index contributed by atoms with van der Waals surface area (Å²) >= 11 is 5.63. The number of nitrogens with two attached hydrogens (primary N) is 1. The molecule has 6 nitrogen and oxygen atoms in total. The molecule has 0 aliphatic rings. The molecule has 0 aliphatic carbocycles. The number of hydrogen-bond acceptors (Lipinski definition) is 6. The molecule has 1 aromatic carbocycles. The molecule has 0 radical (unpaired) electrons. The van der Waals surface area contributed by atoms with Crippen LogP contribution in [0.1, 0.15) is 22.8 Å². The van der Waals surface area contributed by atoms with E-state index in [4.69, 9.17) is 22.1 Å². The van der Waals surface area contributed by atoms with Gasteiger partial charge in [-0.25, -0.2) is 9.78 Å². The molecule has 1 aromatic heterocycles. The Labute approximate surface area is 139 Å². The zero-order valence-corrected chi connectivity index (χ0v) is 13.1. The Balaban J connectivity index is 2.21. The first-order valence-corrected chi connectivity index (χ1v) is 7.03. The van der Waals surface area contributed by atoms with Crippen LogP contribution in [0.5, 0.6) is 0 Å². The van der Waals surface area contributed by atoms with E-state index in [1.165, 1.54) is 6.07 Å². The number of ether oxygens (including phenoxy) is 1. The smallest absolute Gasteiger partial charge is 0.417 e. The van der Waals surface area contributed by atoms with E-state index in [1.807, 2.05) is 0 Å². The van der Waals surface area contributed by atoms with Crippen LogP contribution in [0, 0.1) is 0 Å². The summed E-state index contributed by atoms with van der Waals surface area (Å²) in [5, 5.41) is 2.19. The average Bonchev–Trinajstić information content (AvgIpc) is 2.46. The van der Waals surface area contributed by atoms with Gasteiger partial charge in [0.05, 0.1) is 17.2 Å². The first-order valence-electron chi connectivity index (χ1n) is 6.65. The Morgan fingerprint density at radius 2 is 2.12 bits per heavy atom. The summed E-state index contributed by atoms with van der Waals surface area (Å²) < 4.78 is 42.7. The summed E-state index contributed by atoms with van der Waals surface area (Å²) in [6, 6.07) is 3.09. The summed E-state index contributed by atoms with van der Waals surface area (Å²) in [6.45, 7) is 1.81. The van der Waals surface area contributed by atoms with Crippen molar-refractivity contribution in [3.63, 3.8) is 0 Å². The molecule has 0 spiro atoms. The summed E-state index contributed by atoms with van der Waals surface area (Å²) in [5.74, 6) is -0.792. The summed E-state index contributed by atoms with van der Waals surface area (Å²) in [4.78, 5) is 19.3. The number of anilines is 3. The van der Waals surface area contributed by atoms with Crippen molar-refractivity contribution in [1.29, 1.82) is 0 Å². The van der Waals surface area contributed by atoms with Crippen LogP contribution in [0.2, 0.25) is 5.02 Å². The molecule has 10 heteroatoms. The van der Waals surface area contributed by atoms with Gasteiger partial charge in [-0.15, -0.1) is 0 Å². The van der Waals surface area contributed by atoms with Gasteiger partial charge in [0.2, 0.25) is 5.95 Å². The Bertz CT molecular complexity index is 768. The van der Waals surface area contributed by atoms with E-state index in [0.29, 0.717) is 0 Å². The fourth-order valence-corrected chi connectivity index (χ4v) is 2.06. The fourth-order valence-electron chi connectivity index (χ4n) is 1.77. The number of nitrogen functional groups attached to an aromatic ring is 1. The SMILES string of the molecule is CCOC(=O)c1cnc(Nc2ccc(C(F)(F)F)c(Cl)c2)nc1N. The van der Waals surface area contributed by atoms with Gasteiger partial charge in [0, 0.05) is 11.9 Å². The van der Waals surface area contributed by atoms with Crippen LogP contribution in [0.15, 0.2) is 24.4 Å². The minimum Gasteiger partial charge on any atom is -0.462 e. The van der Waals surface area contributed by atoms with Crippen molar-refractivity contribution in [2.24, 2.45) is 0 Å². The van der Waals surface area contributed by atoms with Crippen LogP contribution in [-0.4, -0.2) is 22.5 Å². The number of nitrogens with one attached hydrogen (secondary N) is 1. The third-order valence-electron chi connectivity index (χ3n) is 2.84. The van der Waals surface area contributed by atoms with Gasteiger partial charge in [0.25, 0.3) is 0 Å². The minimum absolute atomic E-state index is 0.00336. The number of aromatic nitrogens is 2. The number of carbonyl (C=O) groups is 1. The molecule has 0 unspecified atom stereocenters. The van der Waals surface area contributed by atoms with Crippen LogP contribution in [0.3, 0.4) is 0 Å². The molecule has 1 heterocycles. The van der Waals surface area contributed by atoms with Crippen molar-refractivity contribution in [3.8, 4) is 0 Å². The Kier molecular flexibility index (Phi) is 5.13. The second kappa shape index (κ2) is 6.91. The van der Waals surface area contributed by atoms with Crippen molar-refractivity contribution >= 4 is 35.0 Å². The second-order valence-electron chi connectivity index (χ2n) is 4.53. The lowest BCUT2D eigenvalue weighted by Crippen LogP contribution is -2.11. The fraction of sp³-hybridized carbons (Fsp3) is 0.214. The van der Waals surface area contributed by atoms with E-state index >= 15 is 0 Å². The maximum absolute atomic E-state index is 12.7. The summed E-state index contributed by atoms with van der Waals surface area (Å²) in [5.41, 5.74) is 4.93. The maximum atomic E-state index is 12.7. The number of hydrogen-bond donors (Lipinski definition) is 2. The van der Waals surface area contributed by atoms with Crippen molar-refractivity contribution in [1.82, 2.24) is 9.97 Å². The minimum atomic E-state index is -4.54. The lowest BCUT2D eigenvalue weighted by atomic mass is 10.2. The van der Waals surface area contributed by atoms with Crippen molar-refractivity contribution in [2.75, 3.05) is 17.7 Å². The van der Waals surface area contributed by atoms with E-state index in [-0.39, 0.29) is 29.6 Å². The zero-order chi connectivity index (χ0) is 17.9. The molecule has 0 bridgehead atoms. The molecule has 2 rings (SSSR count). The predicted molar refractivity (Wildman–Crippen MR) is 82.1 cm³/mol. The van der Waals surface area contributed by atoms with Crippen molar-refractivity contribution in [2.45, 2.75) is 13.1 Å². The number of benzene rings is 1. The molecule has 128 valence electrons. The first kappa shape index (κ1) is 17.8. The first-order chi connectivity index (χ1) is 11.2. The third-order valence-corrected chi connectivity index (χ3v) is 3.16. The number of alkyl halides is 3. The molecular weight excluding hydrogens is 349 g/mol. The molecule has 0 amide bonds. The predicted octanol–water partition coefficient (Wildman–Crippen LogP) is 3.65. The molecule has 0 atom stereocenters. The monoisotopic (exact) mass is 360 g/mol. The summed E-state index contributed by atoms with van der Waals surface area (Å²) in [7, 11) is 0. The highest BCUT2D eigenvalue weighted by molar-refractivity contribution is 6.31. The highest BCUT2D eigenvalue weighted by Gasteiger charge is 2.33. The van der Waals surface area contributed by atoms with Crippen molar-refractivity contribution < 1.29 is 22.7 Å². The number of carbonyl (C=O) groups excluding carboxylic acids is 1. The van der Waals surface area contributed by atoms with Gasteiger partial charge in [-0.05, 0) is 25.1 Å². The molecule has 2 aromatic rings. The largest absolute Gasteiger partial charge is 0.462 e. The van der Waals surface area contributed by atoms with Crippen LogP contribution in [0.4, 0.5) is 30.6 Å². The van der Waals surface area contributed by atoms with Gasteiger partial charge in [0.1, 0.15) is 11.4 Å². The van der Waals surface area contributed by atoms with Crippen LogP contribution >= 0.6 is 11.6 Å². The van der Waals surface area contributed by atoms with Gasteiger partial charge >= 0.3 is 12.1 Å². The number of esters is 1. The third kappa shape index (κ3) is 4.05. The molecule has 0 saturated heterocycles. The van der Waals surface area contributed by atoms with Crippen LogP contribution in [-0.2, 0) is 10.9 Å². The van der Waals surface area contributed by atoms with E-state index in [2.05, 4.69) is 15.3 Å². The standard InChI is InChI=1S/C14H12ClF3N4O2/c1-2-24-12(23)8-6-20-13(22-11(8)19)21-7-3-4-9(10(15)5-7)14(16,17)18/h3-6H,2H2,1H3,(H3,19,20,21,22). The number of rotatable bonds is 4. The summed E-state index contributed by atoms with van der Waals surface area (Å²) in [6.07, 6.45) is -3.38. The van der Waals surface area contributed by atoms with E-state index in [9.17, 15) is 18.0 Å². The van der Waals surface area contributed by atoms with Crippen LogP contribution in [0.25, 0.3) is 0 Å². The Hall–Kier alpha value is -2.55. The average molecular weight is 361 g/mol. The lowest BCUT2D eigenvalue weighted by molar-refractivity contribution is -0.137. The Morgan fingerprint density at radius 1 is 1.42 bits per heavy atom. The Morgan fingerprint density at radius 3 is 2.67 bits per heavy atom. The van der Waals surface area contributed by atoms with Crippen LogP contribution < -0.4 is 11.1 Å². The molecule has 0 fully saturated rings. The lowest BCUT2D eigenvalue weighted by Gasteiger charge is -2.11. The van der Waals surface area contributed by atoms with E-state index in [1.54, 1.807) is 6.92 Å².